The number of amides is 1. The number of fused-ring (bicyclic) bond motifs is 1. The van der Waals surface area contributed by atoms with E-state index in [4.69, 9.17) is 4.43 Å². The minimum absolute atomic E-state index is 0.105. The topological polar surface area (TPSA) is 78.5 Å². The molecule has 2 N–H and O–H groups in total. The molecule has 1 aromatic heterocycles. The number of aromatic nitrogens is 2. The first-order chi connectivity index (χ1) is 14.8. The quantitative estimate of drug-likeness (QED) is 0.601. The maximum Gasteiger partial charge on any atom is 0.407 e. The van der Waals surface area contributed by atoms with Gasteiger partial charge in [0.05, 0.1) is 24.5 Å². The van der Waals surface area contributed by atoms with Crippen LogP contribution in [0.25, 0.3) is 0 Å². The Morgan fingerprint density at radius 1 is 1.10 bits per heavy atom. The molecular formula is C24H29N3O3Si. The van der Waals surface area contributed by atoms with Gasteiger partial charge < -0.3 is 14.4 Å². The average Bonchev–Trinajstić information content (AvgIpc) is 3.17. The van der Waals surface area contributed by atoms with Crippen molar-refractivity contribution in [2.75, 3.05) is 6.54 Å². The van der Waals surface area contributed by atoms with Gasteiger partial charge in [0.1, 0.15) is 0 Å². The van der Waals surface area contributed by atoms with Crippen molar-refractivity contribution in [1.82, 2.24) is 15.1 Å². The Morgan fingerprint density at radius 3 is 2.19 bits per heavy atom. The van der Waals surface area contributed by atoms with Crippen LogP contribution in [-0.4, -0.2) is 41.2 Å². The monoisotopic (exact) mass is 435 g/mol. The van der Waals surface area contributed by atoms with Crippen LogP contribution < -0.4 is 10.4 Å². The zero-order valence-electron chi connectivity index (χ0n) is 18.3. The third kappa shape index (κ3) is 3.91. The number of hydrogen-bond acceptors (Lipinski definition) is 3. The van der Waals surface area contributed by atoms with E-state index < -0.39 is 14.4 Å². The molecular weight excluding hydrogens is 406 g/mol. The molecule has 0 saturated heterocycles. The number of rotatable bonds is 5. The van der Waals surface area contributed by atoms with E-state index in [9.17, 15) is 9.90 Å². The van der Waals surface area contributed by atoms with Gasteiger partial charge in [0.2, 0.25) is 0 Å². The molecule has 3 aromatic rings. The van der Waals surface area contributed by atoms with Crippen molar-refractivity contribution in [2.45, 2.75) is 45.4 Å². The molecule has 0 radical (unpaired) electrons. The van der Waals surface area contributed by atoms with Gasteiger partial charge in [-0.2, -0.15) is 5.10 Å². The number of nitrogens with one attached hydrogen (secondary N) is 1. The van der Waals surface area contributed by atoms with Crippen molar-refractivity contribution in [3.63, 3.8) is 0 Å². The highest BCUT2D eigenvalue weighted by atomic mass is 28.4. The molecule has 162 valence electrons. The van der Waals surface area contributed by atoms with E-state index in [1.165, 1.54) is 15.3 Å². The summed E-state index contributed by atoms with van der Waals surface area (Å²) in [5, 5.41) is 19.2. The van der Waals surface area contributed by atoms with Gasteiger partial charge in [0.25, 0.3) is 8.32 Å². The Morgan fingerprint density at radius 2 is 1.68 bits per heavy atom. The van der Waals surface area contributed by atoms with Crippen molar-refractivity contribution in [1.29, 1.82) is 0 Å². The van der Waals surface area contributed by atoms with E-state index >= 15 is 0 Å². The maximum absolute atomic E-state index is 11.3. The number of carbonyl (C=O) groups is 1. The van der Waals surface area contributed by atoms with E-state index in [1.807, 2.05) is 12.1 Å². The van der Waals surface area contributed by atoms with Crippen LogP contribution in [0.4, 0.5) is 4.79 Å². The van der Waals surface area contributed by atoms with Gasteiger partial charge in [-0.25, -0.2) is 4.79 Å². The fourth-order valence-corrected chi connectivity index (χ4v) is 9.12. The van der Waals surface area contributed by atoms with Gasteiger partial charge in [-0.1, -0.05) is 81.4 Å². The Bertz CT molecular complexity index is 1010. The van der Waals surface area contributed by atoms with Gasteiger partial charge in [-0.05, 0) is 21.8 Å². The molecule has 1 amide bonds. The summed E-state index contributed by atoms with van der Waals surface area (Å²) >= 11 is 0. The van der Waals surface area contributed by atoms with Crippen molar-refractivity contribution in [2.24, 2.45) is 0 Å². The molecule has 1 aliphatic rings. The number of aromatic amines is 1. The summed E-state index contributed by atoms with van der Waals surface area (Å²) in [6.45, 7) is 7.98. The van der Waals surface area contributed by atoms with Crippen LogP contribution in [0.1, 0.15) is 37.7 Å². The van der Waals surface area contributed by atoms with E-state index in [-0.39, 0.29) is 5.04 Å². The second kappa shape index (κ2) is 8.32. The summed E-state index contributed by atoms with van der Waals surface area (Å²) in [5.41, 5.74) is 2.85. The summed E-state index contributed by atoms with van der Waals surface area (Å²) < 4.78 is 6.98. The predicted octanol–water partition coefficient (Wildman–Crippen LogP) is 3.52. The molecule has 6 nitrogen and oxygen atoms in total. The van der Waals surface area contributed by atoms with Crippen molar-refractivity contribution in [3.05, 3.63) is 77.6 Å². The third-order valence-corrected chi connectivity index (χ3v) is 11.1. The highest BCUT2D eigenvalue weighted by Crippen LogP contribution is 2.37. The Labute approximate surface area is 184 Å². The lowest BCUT2D eigenvalue weighted by atomic mass is 10.1. The molecule has 4 rings (SSSR count). The lowest BCUT2D eigenvalue weighted by Crippen LogP contribution is -2.66. The van der Waals surface area contributed by atoms with Crippen LogP contribution in [0, 0.1) is 0 Å². The normalized spacial score (nSPS) is 14.4. The summed E-state index contributed by atoms with van der Waals surface area (Å²) in [6, 6.07) is 21.1. The molecule has 7 heteroatoms. The zero-order valence-corrected chi connectivity index (χ0v) is 19.3. The van der Waals surface area contributed by atoms with Crippen LogP contribution in [-0.2, 0) is 24.0 Å². The lowest BCUT2D eigenvalue weighted by Gasteiger charge is -2.43. The third-order valence-electron chi connectivity index (χ3n) is 6.13. The van der Waals surface area contributed by atoms with Gasteiger partial charge in [-0.3, -0.25) is 5.10 Å². The van der Waals surface area contributed by atoms with Gasteiger partial charge in [0.15, 0.2) is 0 Å². The van der Waals surface area contributed by atoms with Crippen molar-refractivity contribution >= 4 is 24.8 Å². The van der Waals surface area contributed by atoms with E-state index in [0.29, 0.717) is 26.1 Å². The standard InChI is InChI=1S/C24H29N3O3Si/c1-24(2,3)31(18-10-6-4-7-11-18,19-12-8-5-9-13-19)30-17-22-20-14-15-27(23(28)29)16-21(20)25-26-22/h4-13H,14-17H2,1-3H3,(H,25,26)(H,28,29). The molecule has 2 heterocycles. The van der Waals surface area contributed by atoms with Crippen molar-refractivity contribution < 1.29 is 14.3 Å². The largest absolute Gasteiger partial charge is 0.465 e. The number of H-pyrrole nitrogens is 1. The summed E-state index contributed by atoms with van der Waals surface area (Å²) in [6.07, 6.45) is -0.247. The zero-order chi connectivity index (χ0) is 22.1. The lowest BCUT2D eigenvalue weighted by molar-refractivity contribution is 0.139. The number of nitrogens with zero attached hydrogens (tertiary/aromatic N) is 2. The fourth-order valence-electron chi connectivity index (χ4n) is 4.61. The summed E-state index contributed by atoms with van der Waals surface area (Å²) in [5.74, 6) is 0. The smallest absolute Gasteiger partial charge is 0.407 e. The Hall–Kier alpha value is -2.90. The highest BCUT2D eigenvalue weighted by Gasteiger charge is 2.50. The van der Waals surface area contributed by atoms with Crippen LogP contribution in [0.15, 0.2) is 60.7 Å². The van der Waals surface area contributed by atoms with Gasteiger partial charge in [0, 0.05) is 12.1 Å². The minimum Gasteiger partial charge on any atom is -0.465 e. The van der Waals surface area contributed by atoms with E-state index in [0.717, 1.165) is 17.0 Å². The van der Waals surface area contributed by atoms with Crippen LogP contribution in [0.2, 0.25) is 5.04 Å². The van der Waals surface area contributed by atoms with Crippen LogP contribution >= 0.6 is 0 Å². The van der Waals surface area contributed by atoms with E-state index in [1.54, 1.807) is 0 Å². The second-order valence-electron chi connectivity index (χ2n) is 9.03. The predicted molar refractivity (Wildman–Crippen MR) is 123 cm³/mol. The first-order valence-corrected chi connectivity index (χ1v) is 12.5. The summed E-state index contributed by atoms with van der Waals surface area (Å²) in [7, 11) is -2.64. The first kappa shape index (κ1) is 21.3. The molecule has 1 aliphatic heterocycles. The molecule has 0 atom stereocenters. The van der Waals surface area contributed by atoms with Gasteiger partial charge in [-0.15, -0.1) is 0 Å². The molecule has 31 heavy (non-hydrogen) atoms. The molecule has 0 bridgehead atoms. The Balaban J connectivity index is 1.71. The fraction of sp³-hybridized carbons (Fsp3) is 0.333. The van der Waals surface area contributed by atoms with Crippen LogP contribution in [0.3, 0.4) is 0 Å². The average molecular weight is 436 g/mol. The number of benzene rings is 2. The maximum atomic E-state index is 11.3. The molecule has 2 aromatic carbocycles. The molecule has 0 aliphatic carbocycles. The number of hydrogen-bond donors (Lipinski definition) is 2. The molecule has 0 spiro atoms. The highest BCUT2D eigenvalue weighted by molar-refractivity contribution is 6.99. The SMILES string of the molecule is CC(C)(C)[Si](OCc1n[nH]c2c1CCN(C(=O)O)C2)(c1ccccc1)c1ccccc1. The molecule has 0 fully saturated rings. The van der Waals surface area contributed by atoms with Gasteiger partial charge >= 0.3 is 6.09 Å². The minimum atomic E-state index is -2.64. The van der Waals surface area contributed by atoms with Crippen molar-refractivity contribution in [3.8, 4) is 0 Å². The molecule has 0 saturated carbocycles. The van der Waals surface area contributed by atoms with E-state index in [2.05, 4.69) is 79.5 Å². The Kier molecular flexibility index (Phi) is 5.73. The first-order valence-electron chi connectivity index (χ1n) is 10.6. The summed E-state index contributed by atoms with van der Waals surface area (Å²) in [4.78, 5) is 12.7. The van der Waals surface area contributed by atoms with Crippen LogP contribution in [0.5, 0.6) is 0 Å². The number of carboxylic acid groups (broad SMARTS) is 1. The second-order valence-corrected chi connectivity index (χ2v) is 13.3. The molecule has 0 unspecified atom stereocenters.